The summed E-state index contributed by atoms with van der Waals surface area (Å²) < 4.78 is 11.0. The van der Waals surface area contributed by atoms with Crippen molar-refractivity contribution in [2.24, 2.45) is 0 Å². The second-order valence-electron chi connectivity index (χ2n) is 6.11. The van der Waals surface area contributed by atoms with Crippen LogP contribution in [0.15, 0.2) is 42.5 Å². The molecule has 3 rings (SSSR count). The molecule has 126 valence electrons. The van der Waals surface area contributed by atoms with Gasteiger partial charge in [-0.05, 0) is 62.1 Å². The van der Waals surface area contributed by atoms with Gasteiger partial charge in [0.05, 0.1) is 7.11 Å². The molecule has 4 nitrogen and oxygen atoms in total. The van der Waals surface area contributed by atoms with Crippen LogP contribution in [0, 0.1) is 6.92 Å². The van der Waals surface area contributed by atoms with Crippen LogP contribution in [0.1, 0.15) is 24.5 Å². The zero-order valence-electron chi connectivity index (χ0n) is 14.4. The standard InChI is InChI=1S/C20H23NO3/c1-14-6-4-7-16-8-5-13-21(19(14)16)20(22)15(2)24-18-11-9-17(23-3)10-12-18/h4,6-7,9-12,15H,5,8,13H2,1-3H3. The first-order chi connectivity index (χ1) is 11.6. The number of hydrogen-bond acceptors (Lipinski definition) is 3. The summed E-state index contributed by atoms with van der Waals surface area (Å²) >= 11 is 0. The number of hydrogen-bond donors (Lipinski definition) is 0. The van der Waals surface area contributed by atoms with Gasteiger partial charge in [-0.25, -0.2) is 0 Å². The van der Waals surface area contributed by atoms with Crippen LogP contribution in [-0.2, 0) is 11.2 Å². The number of methoxy groups -OCH3 is 1. The Hall–Kier alpha value is -2.49. The fourth-order valence-corrected chi connectivity index (χ4v) is 3.20. The van der Waals surface area contributed by atoms with Crippen LogP contribution in [0.4, 0.5) is 5.69 Å². The first kappa shape index (κ1) is 16.4. The first-order valence-electron chi connectivity index (χ1n) is 8.30. The van der Waals surface area contributed by atoms with E-state index in [2.05, 4.69) is 25.1 Å². The van der Waals surface area contributed by atoms with Gasteiger partial charge in [-0.2, -0.15) is 0 Å². The molecule has 0 radical (unpaired) electrons. The number of amides is 1. The number of rotatable bonds is 4. The highest BCUT2D eigenvalue weighted by Gasteiger charge is 2.28. The zero-order chi connectivity index (χ0) is 17.1. The summed E-state index contributed by atoms with van der Waals surface area (Å²) in [5, 5.41) is 0. The molecule has 4 heteroatoms. The molecule has 1 unspecified atom stereocenters. The molecule has 1 atom stereocenters. The predicted molar refractivity (Wildman–Crippen MR) is 94.9 cm³/mol. The summed E-state index contributed by atoms with van der Waals surface area (Å²) in [6.45, 7) is 4.60. The molecule has 1 aliphatic heterocycles. The Morgan fingerprint density at radius 2 is 1.83 bits per heavy atom. The van der Waals surface area contributed by atoms with E-state index in [1.807, 2.05) is 29.2 Å². The molecule has 0 fully saturated rings. The van der Waals surface area contributed by atoms with Gasteiger partial charge in [0.25, 0.3) is 5.91 Å². The number of carbonyl (C=O) groups is 1. The number of fused-ring (bicyclic) bond motifs is 1. The van der Waals surface area contributed by atoms with Crippen molar-refractivity contribution >= 4 is 11.6 Å². The maximum Gasteiger partial charge on any atom is 0.267 e. The Morgan fingerprint density at radius 1 is 1.12 bits per heavy atom. The van der Waals surface area contributed by atoms with E-state index in [4.69, 9.17) is 9.47 Å². The Bertz CT molecular complexity index is 724. The maximum absolute atomic E-state index is 12.9. The van der Waals surface area contributed by atoms with Crippen LogP contribution < -0.4 is 14.4 Å². The molecule has 1 aliphatic rings. The van der Waals surface area contributed by atoms with E-state index < -0.39 is 6.10 Å². The molecule has 0 spiro atoms. The average molecular weight is 325 g/mol. The Balaban J connectivity index is 1.77. The van der Waals surface area contributed by atoms with Crippen molar-refractivity contribution in [3.8, 4) is 11.5 Å². The lowest BCUT2D eigenvalue weighted by atomic mass is 9.98. The summed E-state index contributed by atoms with van der Waals surface area (Å²) in [4.78, 5) is 14.8. The summed E-state index contributed by atoms with van der Waals surface area (Å²) in [6.07, 6.45) is 1.47. The summed E-state index contributed by atoms with van der Waals surface area (Å²) in [7, 11) is 1.62. The first-order valence-corrected chi connectivity index (χ1v) is 8.30. The Kier molecular flexibility index (Phi) is 4.74. The molecule has 0 bridgehead atoms. The van der Waals surface area contributed by atoms with E-state index in [0.717, 1.165) is 36.4 Å². The molecule has 0 N–H and O–H groups in total. The molecule has 0 saturated carbocycles. The van der Waals surface area contributed by atoms with Gasteiger partial charge in [0.1, 0.15) is 11.5 Å². The van der Waals surface area contributed by atoms with Crippen molar-refractivity contribution < 1.29 is 14.3 Å². The highest BCUT2D eigenvalue weighted by atomic mass is 16.5. The third kappa shape index (κ3) is 3.23. The van der Waals surface area contributed by atoms with Crippen molar-refractivity contribution in [3.63, 3.8) is 0 Å². The monoisotopic (exact) mass is 325 g/mol. The van der Waals surface area contributed by atoms with E-state index in [1.54, 1.807) is 14.0 Å². The minimum absolute atomic E-state index is 0.000989. The molecule has 24 heavy (non-hydrogen) atoms. The molecule has 2 aromatic carbocycles. The third-order valence-electron chi connectivity index (χ3n) is 4.41. The highest BCUT2D eigenvalue weighted by Crippen LogP contribution is 2.31. The van der Waals surface area contributed by atoms with E-state index in [9.17, 15) is 4.79 Å². The number of benzene rings is 2. The largest absolute Gasteiger partial charge is 0.497 e. The fourth-order valence-electron chi connectivity index (χ4n) is 3.20. The zero-order valence-corrected chi connectivity index (χ0v) is 14.4. The predicted octanol–water partition coefficient (Wildman–Crippen LogP) is 3.75. The molecular weight excluding hydrogens is 302 g/mol. The summed E-state index contributed by atoms with van der Waals surface area (Å²) in [5.74, 6) is 1.43. The maximum atomic E-state index is 12.9. The van der Waals surface area contributed by atoms with Crippen molar-refractivity contribution in [3.05, 3.63) is 53.6 Å². The van der Waals surface area contributed by atoms with E-state index >= 15 is 0 Å². The number of aryl methyl sites for hydroxylation is 2. The van der Waals surface area contributed by atoms with Crippen LogP contribution in [0.2, 0.25) is 0 Å². The number of ether oxygens (including phenoxy) is 2. The number of para-hydroxylation sites is 1. The summed E-state index contributed by atoms with van der Waals surface area (Å²) in [6, 6.07) is 13.5. The molecule has 0 saturated heterocycles. The van der Waals surface area contributed by atoms with Crippen LogP contribution >= 0.6 is 0 Å². The Labute approximate surface area is 143 Å². The van der Waals surface area contributed by atoms with Crippen molar-refractivity contribution in [1.29, 1.82) is 0 Å². The van der Waals surface area contributed by atoms with Crippen LogP contribution in [-0.4, -0.2) is 25.7 Å². The molecule has 0 aromatic heterocycles. The molecular formula is C20H23NO3. The quantitative estimate of drug-likeness (QED) is 0.859. The van der Waals surface area contributed by atoms with Crippen LogP contribution in [0.25, 0.3) is 0 Å². The van der Waals surface area contributed by atoms with Crippen molar-refractivity contribution in [2.75, 3.05) is 18.6 Å². The van der Waals surface area contributed by atoms with Crippen molar-refractivity contribution in [1.82, 2.24) is 0 Å². The van der Waals surface area contributed by atoms with E-state index in [-0.39, 0.29) is 5.91 Å². The van der Waals surface area contributed by atoms with Crippen LogP contribution in [0.3, 0.4) is 0 Å². The van der Waals surface area contributed by atoms with Gasteiger partial charge in [0, 0.05) is 12.2 Å². The van der Waals surface area contributed by atoms with Gasteiger partial charge >= 0.3 is 0 Å². The van der Waals surface area contributed by atoms with Gasteiger partial charge in [0.15, 0.2) is 6.10 Å². The third-order valence-corrected chi connectivity index (χ3v) is 4.41. The number of carbonyl (C=O) groups excluding carboxylic acids is 1. The molecule has 0 aliphatic carbocycles. The minimum atomic E-state index is -0.538. The number of anilines is 1. The smallest absolute Gasteiger partial charge is 0.267 e. The summed E-state index contributed by atoms with van der Waals surface area (Å²) in [5.41, 5.74) is 3.43. The van der Waals surface area contributed by atoms with Crippen molar-refractivity contribution in [2.45, 2.75) is 32.8 Å². The topological polar surface area (TPSA) is 38.8 Å². The lowest BCUT2D eigenvalue weighted by molar-refractivity contribution is -0.124. The number of nitrogens with zero attached hydrogens (tertiary/aromatic N) is 1. The van der Waals surface area contributed by atoms with Crippen LogP contribution in [0.5, 0.6) is 11.5 Å². The second kappa shape index (κ2) is 6.95. The van der Waals surface area contributed by atoms with Gasteiger partial charge in [-0.1, -0.05) is 18.2 Å². The van der Waals surface area contributed by atoms with Gasteiger partial charge in [0.2, 0.25) is 0 Å². The normalized spacial score (nSPS) is 14.7. The van der Waals surface area contributed by atoms with Gasteiger partial charge < -0.3 is 14.4 Å². The highest BCUT2D eigenvalue weighted by molar-refractivity contribution is 5.98. The average Bonchev–Trinajstić information content (AvgIpc) is 2.61. The molecule has 1 heterocycles. The SMILES string of the molecule is COc1ccc(OC(C)C(=O)N2CCCc3cccc(C)c32)cc1. The fraction of sp³-hybridized carbons (Fsp3) is 0.350. The van der Waals surface area contributed by atoms with E-state index in [0.29, 0.717) is 5.75 Å². The second-order valence-corrected chi connectivity index (χ2v) is 6.11. The van der Waals surface area contributed by atoms with Gasteiger partial charge in [-0.3, -0.25) is 4.79 Å². The lowest BCUT2D eigenvalue weighted by Crippen LogP contribution is -2.43. The lowest BCUT2D eigenvalue weighted by Gasteiger charge is -2.32. The molecule has 2 aromatic rings. The Morgan fingerprint density at radius 3 is 2.54 bits per heavy atom. The van der Waals surface area contributed by atoms with E-state index in [1.165, 1.54) is 5.56 Å². The minimum Gasteiger partial charge on any atom is -0.497 e. The molecule has 1 amide bonds. The van der Waals surface area contributed by atoms with Gasteiger partial charge in [-0.15, -0.1) is 0 Å².